The molecular formula is C90H80N2O16. The molecule has 18 heteroatoms. The Balaban J connectivity index is 0.582. The molecular weight excluding hydrogens is 1360 g/mol. The Kier molecular flexibility index (Phi) is 24.6. The molecule has 2 N–H and O–H groups in total. The van der Waals surface area contributed by atoms with Gasteiger partial charge in [0.05, 0.1) is 26.4 Å². The summed E-state index contributed by atoms with van der Waals surface area (Å²) in [5.74, 6) is 2.74. The topological polar surface area (TPSA) is 211 Å². The Labute approximate surface area is 624 Å². The zero-order valence-electron chi connectivity index (χ0n) is 60.1. The number of benzene rings is 11. The lowest BCUT2D eigenvalue weighted by molar-refractivity contribution is 0.0860. The molecule has 0 unspecified atom stereocenters. The van der Waals surface area contributed by atoms with E-state index >= 15 is 0 Å². The lowest BCUT2D eigenvalue weighted by Gasteiger charge is -2.17. The van der Waals surface area contributed by atoms with Crippen LogP contribution in [-0.2, 0) is 42.5 Å². The highest BCUT2D eigenvalue weighted by Gasteiger charge is 2.26. The van der Waals surface area contributed by atoms with E-state index in [1.54, 1.807) is 84.9 Å². The number of amides is 2. The Morgan fingerprint density at radius 3 is 1.19 bits per heavy atom. The van der Waals surface area contributed by atoms with Crippen LogP contribution in [0.25, 0.3) is 44.6 Å². The summed E-state index contributed by atoms with van der Waals surface area (Å²) < 4.78 is 75.5. The van der Waals surface area contributed by atoms with Crippen molar-refractivity contribution in [2.45, 2.75) is 53.8 Å². The predicted molar refractivity (Wildman–Crippen MR) is 414 cm³/mol. The van der Waals surface area contributed by atoms with Gasteiger partial charge in [-0.05, 0) is 150 Å². The van der Waals surface area contributed by atoms with E-state index in [0.29, 0.717) is 75.5 Å². The molecule has 0 bridgehead atoms. The number of hydrogen-bond acceptors (Lipinski definition) is 16. The fourth-order valence-electron chi connectivity index (χ4n) is 11.8. The minimum Gasteiger partial charge on any atom is -0.489 e. The number of carbonyl (C=O) groups is 2. The number of hydrogen-bond donors (Lipinski definition) is 2. The van der Waals surface area contributed by atoms with Crippen molar-refractivity contribution in [3.8, 4) is 74.4 Å². The first-order valence-electron chi connectivity index (χ1n) is 35.6. The molecule has 0 atom stereocenters. The third-order valence-corrected chi connectivity index (χ3v) is 17.6. The summed E-state index contributed by atoms with van der Waals surface area (Å²) in [4.78, 5) is 56.1. The molecule has 0 aliphatic carbocycles. The van der Waals surface area contributed by atoms with Crippen LogP contribution in [0.5, 0.6) is 51.7 Å². The Hall–Kier alpha value is -12.9. The third-order valence-electron chi connectivity index (χ3n) is 17.6. The van der Waals surface area contributed by atoms with Crippen LogP contribution >= 0.6 is 0 Å². The highest BCUT2D eigenvalue weighted by Crippen LogP contribution is 2.41. The number of carbonyl (C=O) groups excluding carboxylic acids is 2. The monoisotopic (exact) mass is 1440 g/mol. The maximum absolute atomic E-state index is 14.9. The quantitative estimate of drug-likeness (QED) is 0.0354. The molecule has 0 radical (unpaired) electrons. The van der Waals surface area contributed by atoms with Crippen molar-refractivity contribution < 1.29 is 65.8 Å². The number of nitrogens with one attached hydrogen (secondary N) is 2. The number of rotatable bonds is 35. The van der Waals surface area contributed by atoms with Crippen LogP contribution in [0.3, 0.4) is 0 Å². The van der Waals surface area contributed by atoms with Crippen LogP contribution in [0.15, 0.2) is 279 Å². The maximum atomic E-state index is 14.9. The van der Waals surface area contributed by atoms with Gasteiger partial charge < -0.3 is 66.8 Å². The van der Waals surface area contributed by atoms with Crippen LogP contribution in [0.1, 0.15) is 65.2 Å². The molecule has 0 aliphatic rings. The maximum Gasteiger partial charge on any atom is 0.251 e. The van der Waals surface area contributed by atoms with Crippen molar-refractivity contribution in [2.75, 3.05) is 52.7 Å². The van der Waals surface area contributed by atoms with Gasteiger partial charge in [-0.2, -0.15) is 0 Å². The lowest BCUT2D eigenvalue weighted by Crippen LogP contribution is -2.27. The van der Waals surface area contributed by atoms with Gasteiger partial charge in [0.25, 0.3) is 11.8 Å². The van der Waals surface area contributed by atoms with Gasteiger partial charge in [0, 0.05) is 47.5 Å². The predicted octanol–water partition coefficient (Wildman–Crippen LogP) is 17.5. The normalized spacial score (nSPS) is 11.1. The summed E-state index contributed by atoms with van der Waals surface area (Å²) in [6, 6.07) is 80.3. The smallest absolute Gasteiger partial charge is 0.251 e. The van der Waals surface area contributed by atoms with Gasteiger partial charge in [-0.25, -0.2) is 0 Å². The second kappa shape index (κ2) is 36.2. The standard InChI is InChI=1S/C90H80N2O16/c1-60-49-77(104-58-66-25-15-7-16-26-66)81-79(50-60)107-86(71-35-40-75(102-56-64-21-11-5-12-22-64)76(52-71)103-57-65-23-13-6-14-24-65)88(83(81)93)100-48-46-98-44-42-92-90(96)69-33-38-73(39-34-69)106-72-36-31-68(32-37-72)89(95)91-41-43-97-45-47-99-87-84(94)82-78(105-59-67-27-17-8-18-28-67)53-74(101-55-63-19-9-4-10-20-63)54-80(82)108-85(87)70-30-29-61(2)62(3)51-70/h4-40,49-54H,41-48,55-59H2,1-3H3,(H,91,95)(H,92,96). The fourth-order valence-corrected chi connectivity index (χ4v) is 11.8. The van der Waals surface area contributed by atoms with E-state index in [-0.39, 0.29) is 129 Å². The van der Waals surface area contributed by atoms with Crippen LogP contribution < -0.4 is 59.4 Å². The molecule has 0 saturated carbocycles. The molecule has 108 heavy (non-hydrogen) atoms. The minimum atomic E-state index is -0.433. The second-order valence-corrected chi connectivity index (χ2v) is 25.5. The van der Waals surface area contributed by atoms with E-state index < -0.39 is 10.9 Å². The molecule has 2 heterocycles. The Bertz CT molecular complexity index is 5310. The fraction of sp³-hybridized carbons (Fsp3) is 0.178. The average Bonchev–Trinajstić information content (AvgIpc) is 0.762. The van der Waals surface area contributed by atoms with Crippen LogP contribution in [0, 0.1) is 20.8 Å². The van der Waals surface area contributed by atoms with Gasteiger partial charge in [0.1, 0.15) is 96.9 Å². The van der Waals surface area contributed by atoms with E-state index in [1.165, 1.54) is 0 Å². The van der Waals surface area contributed by atoms with Crippen LogP contribution in [-0.4, -0.2) is 64.5 Å². The lowest BCUT2D eigenvalue weighted by atomic mass is 10.0. The van der Waals surface area contributed by atoms with Gasteiger partial charge in [0.15, 0.2) is 23.0 Å². The molecule has 2 amide bonds. The van der Waals surface area contributed by atoms with Gasteiger partial charge in [0.2, 0.25) is 22.4 Å². The first kappa shape index (κ1) is 73.4. The summed E-state index contributed by atoms with van der Waals surface area (Å²) in [6.45, 7) is 7.99. The molecule has 13 rings (SSSR count). The Morgan fingerprint density at radius 1 is 0.333 bits per heavy atom. The summed E-state index contributed by atoms with van der Waals surface area (Å²) in [7, 11) is 0. The van der Waals surface area contributed by atoms with Gasteiger partial charge >= 0.3 is 0 Å². The SMILES string of the molecule is Cc1cc(OCc2ccccc2)c2c(=O)c(OCCOCCNC(=O)c3ccc(Oc4ccc(C(=O)NCCOCCOc5c(-c6ccc(C)c(C)c6)oc6cc(OCc7ccccc7)cc(OCc7ccccc7)c6c5=O)cc4)cc3)c(-c3ccc(OCc4ccccc4)c(OCc4ccccc4)c3)oc2c1. The number of fused-ring (bicyclic) bond motifs is 2. The second-order valence-electron chi connectivity index (χ2n) is 25.5. The van der Waals surface area contributed by atoms with E-state index in [4.69, 9.17) is 56.2 Å². The van der Waals surface area contributed by atoms with Gasteiger partial charge in [-0.15, -0.1) is 0 Å². The molecule has 0 fully saturated rings. The number of ether oxygens (including phenoxy) is 10. The first-order chi connectivity index (χ1) is 52.9. The average molecular weight is 1450 g/mol. The van der Waals surface area contributed by atoms with Crippen molar-refractivity contribution in [1.29, 1.82) is 0 Å². The van der Waals surface area contributed by atoms with Crippen molar-refractivity contribution >= 4 is 33.8 Å². The first-order valence-corrected chi connectivity index (χ1v) is 35.6. The summed E-state index contributed by atoms with van der Waals surface area (Å²) in [5.41, 5.74) is 9.37. The molecule has 0 saturated heterocycles. The highest BCUT2D eigenvalue weighted by atomic mass is 16.5. The van der Waals surface area contributed by atoms with Gasteiger partial charge in [-0.3, -0.25) is 19.2 Å². The van der Waals surface area contributed by atoms with Crippen molar-refractivity contribution in [1.82, 2.24) is 10.6 Å². The summed E-state index contributed by atoms with van der Waals surface area (Å²) in [5, 5.41) is 6.19. The zero-order valence-corrected chi connectivity index (χ0v) is 60.1. The van der Waals surface area contributed by atoms with Crippen molar-refractivity contribution in [3.05, 3.63) is 337 Å². The number of aryl methyl sites for hydroxylation is 3. The minimum absolute atomic E-state index is 0.00176. The van der Waals surface area contributed by atoms with E-state index in [2.05, 4.69) is 10.6 Å². The Morgan fingerprint density at radius 2 is 0.731 bits per heavy atom. The molecule has 546 valence electrons. The molecule has 18 nitrogen and oxygen atoms in total. The van der Waals surface area contributed by atoms with Crippen molar-refractivity contribution in [3.63, 3.8) is 0 Å². The molecule has 11 aromatic carbocycles. The highest BCUT2D eigenvalue weighted by molar-refractivity contribution is 5.95. The van der Waals surface area contributed by atoms with E-state index in [0.717, 1.165) is 44.5 Å². The van der Waals surface area contributed by atoms with Gasteiger partial charge in [-0.1, -0.05) is 164 Å². The van der Waals surface area contributed by atoms with E-state index in [9.17, 15) is 19.2 Å². The van der Waals surface area contributed by atoms with Crippen molar-refractivity contribution in [2.24, 2.45) is 0 Å². The third kappa shape index (κ3) is 19.3. The van der Waals surface area contributed by atoms with Crippen LogP contribution in [0.4, 0.5) is 0 Å². The summed E-state index contributed by atoms with van der Waals surface area (Å²) >= 11 is 0. The molecule has 13 aromatic rings. The molecule has 0 spiro atoms. The zero-order chi connectivity index (χ0) is 74.4. The largest absolute Gasteiger partial charge is 0.489 e. The molecule has 2 aromatic heterocycles. The van der Waals surface area contributed by atoms with E-state index in [1.807, 2.05) is 197 Å². The van der Waals surface area contributed by atoms with Crippen LogP contribution in [0.2, 0.25) is 0 Å². The molecule has 0 aliphatic heterocycles. The summed E-state index contributed by atoms with van der Waals surface area (Å²) in [6.07, 6.45) is 0.